The lowest BCUT2D eigenvalue weighted by Crippen LogP contribution is -2.36. The van der Waals surface area contributed by atoms with Gasteiger partial charge in [0.2, 0.25) is 0 Å². The lowest BCUT2D eigenvalue weighted by molar-refractivity contribution is 0.122. The Balaban J connectivity index is 2.67. The van der Waals surface area contributed by atoms with Crippen molar-refractivity contribution < 1.29 is 15.7 Å². The number of rotatable bonds is 1. The van der Waals surface area contributed by atoms with Crippen molar-refractivity contribution in [1.82, 2.24) is 4.98 Å². The molecule has 1 aliphatic heterocycles. The Hall–Kier alpha value is -0.610. The average molecular weight is 251 g/mol. The van der Waals surface area contributed by atoms with Gasteiger partial charge in [0, 0.05) is 24.9 Å². The molecule has 0 unspecified atom stereocenters. The van der Waals surface area contributed by atoms with Crippen molar-refractivity contribution in [3.63, 3.8) is 0 Å². The van der Waals surface area contributed by atoms with Gasteiger partial charge in [-0.3, -0.25) is 0 Å². The molecule has 1 saturated heterocycles. The van der Waals surface area contributed by atoms with Gasteiger partial charge in [-0.05, 0) is 28.1 Å². The van der Waals surface area contributed by atoms with Crippen molar-refractivity contribution in [3.8, 4) is 0 Å². The third kappa shape index (κ3) is 2.19. The normalized spacial score (nSPS) is 42.1. The standard InChI is InChI=1S/C9H11BrN2O/c10-9-7-8(1-2-11-9)12-3-5-13-6-4-12/h1-2,7H,3-6H2/i3D2,4D2,5D2,6D2. The summed E-state index contributed by atoms with van der Waals surface area (Å²) in [5, 5.41) is 0. The second kappa shape index (κ2) is 4.07. The molecule has 0 aromatic carbocycles. The number of pyridine rings is 1. The molecule has 3 nitrogen and oxygen atoms in total. The minimum absolute atomic E-state index is 0.0667. The van der Waals surface area contributed by atoms with E-state index in [4.69, 9.17) is 11.0 Å². The van der Waals surface area contributed by atoms with E-state index in [1.54, 1.807) is 0 Å². The van der Waals surface area contributed by atoms with E-state index in [1.807, 2.05) is 0 Å². The van der Waals surface area contributed by atoms with E-state index in [1.165, 1.54) is 18.3 Å². The fourth-order valence-corrected chi connectivity index (χ4v) is 1.20. The molecular weight excluding hydrogens is 232 g/mol. The van der Waals surface area contributed by atoms with Gasteiger partial charge in [0.1, 0.15) is 4.60 Å². The third-order valence-corrected chi connectivity index (χ3v) is 1.82. The number of hydrogen-bond donors (Lipinski definition) is 0. The molecule has 70 valence electrons. The van der Waals surface area contributed by atoms with Gasteiger partial charge in [0.15, 0.2) is 0 Å². The van der Waals surface area contributed by atoms with Crippen LogP contribution in [0.2, 0.25) is 0 Å². The summed E-state index contributed by atoms with van der Waals surface area (Å²) in [6.45, 7) is -12.0. The van der Waals surface area contributed by atoms with E-state index in [-0.39, 0.29) is 10.3 Å². The third-order valence-electron chi connectivity index (χ3n) is 1.39. The van der Waals surface area contributed by atoms with Crippen LogP contribution in [0.15, 0.2) is 22.9 Å². The lowest BCUT2D eigenvalue weighted by Gasteiger charge is -2.28. The number of morpholine rings is 1. The molecule has 2 rings (SSSR count). The molecule has 4 heteroatoms. The molecule has 0 amide bonds. The molecule has 1 aromatic rings. The highest BCUT2D eigenvalue weighted by molar-refractivity contribution is 9.10. The zero-order valence-electron chi connectivity index (χ0n) is 14.4. The van der Waals surface area contributed by atoms with E-state index in [0.29, 0.717) is 4.90 Å². The van der Waals surface area contributed by atoms with E-state index >= 15 is 0 Å². The van der Waals surface area contributed by atoms with Crippen LogP contribution in [-0.4, -0.2) is 31.1 Å². The van der Waals surface area contributed by atoms with Crippen LogP contribution in [0.3, 0.4) is 0 Å². The van der Waals surface area contributed by atoms with Crippen LogP contribution in [-0.2, 0) is 4.74 Å². The molecule has 0 spiro atoms. The summed E-state index contributed by atoms with van der Waals surface area (Å²) < 4.78 is 66.6. The Morgan fingerprint density at radius 3 is 3.00 bits per heavy atom. The quantitative estimate of drug-likeness (QED) is 0.710. The largest absolute Gasteiger partial charge is 0.378 e. The number of anilines is 1. The number of hydrogen-bond acceptors (Lipinski definition) is 3. The fourth-order valence-electron chi connectivity index (χ4n) is 0.851. The molecule has 1 aromatic heterocycles. The van der Waals surface area contributed by atoms with Gasteiger partial charge < -0.3 is 9.64 Å². The zero-order chi connectivity index (χ0) is 16.3. The van der Waals surface area contributed by atoms with Gasteiger partial charge in [-0.25, -0.2) is 4.98 Å². The maximum atomic E-state index is 7.88. The van der Waals surface area contributed by atoms with Gasteiger partial charge in [-0.2, -0.15) is 0 Å². The number of aromatic nitrogens is 1. The van der Waals surface area contributed by atoms with Crippen molar-refractivity contribution in [2.24, 2.45) is 0 Å². The van der Waals surface area contributed by atoms with Crippen LogP contribution in [0.5, 0.6) is 0 Å². The predicted octanol–water partition coefficient (Wildman–Crippen LogP) is 1.68. The smallest absolute Gasteiger partial charge is 0.108 e. The van der Waals surface area contributed by atoms with Gasteiger partial charge in [-0.15, -0.1) is 0 Å². The van der Waals surface area contributed by atoms with E-state index in [9.17, 15) is 0 Å². The van der Waals surface area contributed by atoms with Gasteiger partial charge >= 0.3 is 0 Å². The van der Waals surface area contributed by atoms with Crippen molar-refractivity contribution in [3.05, 3.63) is 22.9 Å². The van der Waals surface area contributed by atoms with Crippen LogP contribution in [0.1, 0.15) is 11.0 Å². The highest BCUT2D eigenvalue weighted by atomic mass is 79.9. The summed E-state index contributed by atoms with van der Waals surface area (Å²) in [6, 6.07) is 2.53. The van der Waals surface area contributed by atoms with Crippen molar-refractivity contribution >= 4 is 21.6 Å². The Kier molecular flexibility index (Phi) is 1.10. The van der Waals surface area contributed by atoms with Crippen LogP contribution in [0, 0.1) is 0 Å². The first-order chi connectivity index (χ1) is 9.33. The monoisotopic (exact) mass is 250 g/mol. The topological polar surface area (TPSA) is 25.4 Å². The minimum atomic E-state index is -3.06. The van der Waals surface area contributed by atoms with Gasteiger partial charge in [0.05, 0.1) is 24.1 Å². The summed E-state index contributed by atoms with van der Waals surface area (Å²) in [7, 11) is 0. The average Bonchev–Trinajstić information content (AvgIpc) is 2.24. The maximum Gasteiger partial charge on any atom is 0.108 e. The SMILES string of the molecule is [2H]C1([2H])OC([2H])([2H])C([2H])([2H])N(c2ccnc(Br)c2)C1([2H])[2H]. The molecule has 1 aliphatic rings. The maximum absolute atomic E-state index is 7.88. The van der Waals surface area contributed by atoms with Crippen LogP contribution in [0.25, 0.3) is 0 Å². The second-order valence-electron chi connectivity index (χ2n) is 2.20. The molecule has 0 atom stereocenters. The lowest BCUT2D eigenvalue weighted by atomic mass is 10.3. The predicted molar refractivity (Wildman–Crippen MR) is 55.0 cm³/mol. The fraction of sp³-hybridized carbons (Fsp3) is 0.444. The van der Waals surface area contributed by atoms with E-state index in [2.05, 4.69) is 25.7 Å². The van der Waals surface area contributed by atoms with E-state index in [0.717, 1.165) is 0 Å². The van der Waals surface area contributed by atoms with Crippen LogP contribution in [0.4, 0.5) is 5.69 Å². The molecule has 0 aliphatic carbocycles. The molecule has 0 N–H and O–H groups in total. The Morgan fingerprint density at radius 1 is 1.54 bits per heavy atom. The van der Waals surface area contributed by atoms with Crippen molar-refractivity contribution in [1.29, 1.82) is 0 Å². The molecule has 0 saturated carbocycles. The highest BCUT2D eigenvalue weighted by Crippen LogP contribution is 2.18. The Bertz CT molecular complexity index is 540. The molecule has 0 bridgehead atoms. The Morgan fingerprint density at radius 2 is 2.31 bits per heavy atom. The van der Waals surface area contributed by atoms with Crippen molar-refractivity contribution in [2.75, 3.05) is 31.0 Å². The van der Waals surface area contributed by atoms with Gasteiger partial charge in [-0.1, -0.05) is 0 Å². The first-order valence-electron chi connectivity index (χ1n) is 7.45. The number of ether oxygens (including phenoxy) is 1. The second-order valence-corrected chi connectivity index (χ2v) is 3.01. The zero-order valence-corrected chi connectivity index (χ0v) is 8.00. The summed E-state index contributed by atoms with van der Waals surface area (Å²) in [6.07, 6.45) is 1.27. The molecule has 2 heterocycles. The van der Waals surface area contributed by atoms with Gasteiger partial charge in [0.25, 0.3) is 0 Å². The first-order valence-corrected chi connectivity index (χ1v) is 4.24. The first kappa shape index (κ1) is 3.51. The number of nitrogens with zero attached hydrogens (tertiary/aromatic N) is 2. The summed E-state index contributed by atoms with van der Waals surface area (Å²) in [5.41, 5.74) is -0.0667. The summed E-state index contributed by atoms with van der Waals surface area (Å²) >= 11 is 3.06. The molecule has 1 fully saturated rings. The van der Waals surface area contributed by atoms with Crippen LogP contribution >= 0.6 is 15.9 Å². The number of halogens is 1. The minimum Gasteiger partial charge on any atom is -0.378 e. The summed E-state index contributed by atoms with van der Waals surface area (Å²) in [5.74, 6) is 0. The molecule has 13 heavy (non-hydrogen) atoms. The highest BCUT2D eigenvalue weighted by Gasteiger charge is 2.10. The molecule has 0 radical (unpaired) electrons. The van der Waals surface area contributed by atoms with E-state index < -0.39 is 26.1 Å². The van der Waals surface area contributed by atoms with Crippen LogP contribution < -0.4 is 4.90 Å². The Labute approximate surface area is 97.1 Å². The van der Waals surface area contributed by atoms with Crippen molar-refractivity contribution in [2.45, 2.75) is 0 Å². The summed E-state index contributed by atoms with van der Waals surface area (Å²) in [4.78, 5) is 4.23. The molecular formula is C9H11BrN2O.